The van der Waals surface area contributed by atoms with Gasteiger partial charge < -0.3 is 14.8 Å². The van der Waals surface area contributed by atoms with E-state index in [0.717, 1.165) is 27.5 Å². The number of aromatic nitrogens is 1. The lowest BCUT2D eigenvalue weighted by Crippen LogP contribution is -2.52. The lowest BCUT2D eigenvalue weighted by Gasteiger charge is -2.44. The minimum atomic E-state index is -4.86. The van der Waals surface area contributed by atoms with Crippen LogP contribution in [0.15, 0.2) is 91.3 Å². The van der Waals surface area contributed by atoms with Crippen LogP contribution in [0.2, 0.25) is 0 Å². The third-order valence-corrected chi connectivity index (χ3v) is 7.23. The van der Waals surface area contributed by atoms with E-state index < -0.39 is 34.6 Å². The quantitative estimate of drug-likeness (QED) is 0.325. The maximum atomic E-state index is 11.9. The van der Waals surface area contributed by atoms with E-state index in [1.165, 1.54) is 0 Å². The van der Waals surface area contributed by atoms with Crippen LogP contribution in [0.4, 0.5) is 0 Å². The molecule has 0 aliphatic heterocycles. The van der Waals surface area contributed by atoms with Gasteiger partial charge in [0.2, 0.25) is 0 Å². The van der Waals surface area contributed by atoms with Gasteiger partial charge in [0.15, 0.2) is 0 Å². The fourth-order valence-electron chi connectivity index (χ4n) is 5.21. The summed E-state index contributed by atoms with van der Waals surface area (Å²) in [5, 5.41) is 13.5. The molecule has 3 aromatic carbocycles. The Morgan fingerprint density at radius 3 is 2.37 bits per heavy atom. The smallest absolute Gasteiger partial charge is 0.390 e. The molecule has 0 unspecified atom stereocenters. The largest absolute Gasteiger partial charge is 0.397 e. The molecule has 1 aliphatic rings. The van der Waals surface area contributed by atoms with E-state index in [2.05, 4.69) is 4.98 Å². The van der Waals surface area contributed by atoms with Gasteiger partial charge in [0.25, 0.3) is 0 Å². The lowest BCUT2D eigenvalue weighted by molar-refractivity contribution is -0.124. The van der Waals surface area contributed by atoms with E-state index in [4.69, 9.17) is 8.92 Å². The molecule has 1 aliphatic carbocycles. The van der Waals surface area contributed by atoms with Crippen LogP contribution in [0.25, 0.3) is 10.8 Å². The van der Waals surface area contributed by atoms with Crippen LogP contribution in [-0.4, -0.2) is 41.4 Å². The third kappa shape index (κ3) is 5.17. The zero-order valence-corrected chi connectivity index (χ0v) is 19.7. The fourth-order valence-corrected chi connectivity index (χ4v) is 5.71. The van der Waals surface area contributed by atoms with E-state index >= 15 is 0 Å². The number of rotatable bonds is 7. The van der Waals surface area contributed by atoms with Crippen LogP contribution in [0.5, 0.6) is 0 Å². The van der Waals surface area contributed by atoms with E-state index in [-0.39, 0.29) is 12.5 Å². The molecule has 5 rings (SSSR count). The summed E-state index contributed by atoms with van der Waals surface area (Å²) in [4.78, 5) is 3.05. The van der Waals surface area contributed by atoms with Gasteiger partial charge in [-0.05, 0) is 39.9 Å². The maximum Gasteiger partial charge on any atom is 0.397 e. The maximum absolute atomic E-state index is 11.9. The Morgan fingerprint density at radius 1 is 0.886 bits per heavy atom. The van der Waals surface area contributed by atoms with E-state index in [1.807, 2.05) is 85.1 Å². The Balaban J connectivity index is 1.57. The number of fused-ring (bicyclic) bond motifs is 1. The molecule has 5 atom stereocenters. The van der Waals surface area contributed by atoms with Crippen molar-refractivity contribution in [2.45, 2.75) is 43.2 Å². The highest BCUT2D eigenvalue weighted by Gasteiger charge is 2.49. The Kier molecular flexibility index (Phi) is 6.73. The van der Waals surface area contributed by atoms with Crippen molar-refractivity contribution in [2.75, 3.05) is 0 Å². The van der Waals surface area contributed by atoms with E-state index in [9.17, 15) is 18.1 Å². The minimum Gasteiger partial charge on any atom is -0.390 e. The summed E-state index contributed by atoms with van der Waals surface area (Å²) < 4.78 is 44.7. The summed E-state index contributed by atoms with van der Waals surface area (Å²) in [6.07, 6.45) is 0.753. The van der Waals surface area contributed by atoms with E-state index in [0.29, 0.717) is 6.42 Å². The van der Waals surface area contributed by atoms with Gasteiger partial charge in [0.05, 0.1) is 18.8 Å². The number of hydrogen-bond acceptors (Lipinski definition) is 5. The van der Waals surface area contributed by atoms with Crippen molar-refractivity contribution >= 4 is 21.2 Å². The zero-order valence-electron chi connectivity index (χ0n) is 18.9. The first kappa shape index (κ1) is 23.7. The Morgan fingerprint density at radius 2 is 1.63 bits per heavy atom. The second-order valence-electron chi connectivity index (χ2n) is 8.90. The van der Waals surface area contributed by atoms with Crippen LogP contribution in [0.1, 0.15) is 34.9 Å². The normalized spacial score (nSPS) is 25.0. The van der Waals surface area contributed by atoms with E-state index in [1.54, 1.807) is 6.20 Å². The number of benzene rings is 3. The average molecular weight is 494 g/mol. The molecule has 1 aromatic heterocycles. The first-order valence-electron chi connectivity index (χ1n) is 11.5. The van der Waals surface area contributed by atoms with Crippen molar-refractivity contribution in [1.82, 2.24) is 4.98 Å². The molecule has 8 heteroatoms. The monoisotopic (exact) mass is 493 g/mol. The van der Waals surface area contributed by atoms with Crippen molar-refractivity contribution in [2.24, 2.45) is 0 Å². The van der Waals surface area contributed by atoms with Gasteiger partial charge in [-0.2, -0.15) is 8.42 Å². The van der Waals surface area contributed by atoms with Gasteiger partial charge in [-0.1, -0.05) is 72.8 Å². The molecule has 0 spiro atoms. The summed E-state index contributed by atoms with van der Waals surface area (Å²) >= 11 is 0. The van der Waals surface area contributed by atoms with Crippen molar-refractivity contribution in [1.29, 1.82) is 0 Å². The Bertz CT molecular complexity index is 1370. The van der Waals surface area contributed by atoms with Gasteiger partial charge >= 0.3 is 10.4 Å². The highest BCUT2D eigenvalue weighted by molar-refractivity contribution is 7.80. The molecule has 35 heavy (non-hydrogen) atoms. The number of nitrogens with one attached hydrogen (secondary N) is 1. The summed E-state index contributed by atoms with van der Waals surface area (Å²) in [5.74, 6) is -0.756. The molecule has 1 fully saturated rings. The second kappa shape index (κ2) is 9.93. The molecule has 0 saturated heterocycles. The molecule has 3 N–H and O–H groups in total. The highest BCUT2D eigenvalue weighted by atomic mass is 32.3. The topological polar surface area (TPSA) is 109 Å². The Labute approximate surface area is 204 Å². The minimum absolute atomic E-state index is 0.198. The van der Waals surface area contributed by atoms with Crippen LogP contribution >= 0.6 is 0 Å². The molecular weight excluding hydrogens is 466 g/mol. The zero-order chi connectivity index (χ0) is 24.4. The predicted molar refractivity (Wildman–Crippen MR) is 132 cm³/mol. The molecular formula is C27H27NO6S. The van der Waals surface area contributed by atoms with Gasteiger partial charge in [-0.3, -0.25) is 4.55 Å². The number of H-pyrrole nitrogens is 1. The van der Waals surface area contributed by atoms with Crippen LogP contribution in [0, 0.1) is 0 Å². The summed E-state index contributed by atoms with van der Waals surface area (Å²) in [5.41, 5.74) is 2.70. The molecule has 0 radical (unpaired) electrons. The Hall–Kier alpha value is -3.01. The molecule has 182 valence electrons. The molecule has 4 aromatic rings. The molecule has 7 nitrogen and oxygen atoms in total. The van der Waals surface area contributed by atoms with Gasteiger partial charge in [-0.25, -0.2) is 4.18 Å². The number of aromatic amines is 1. The van der Waals surface area contributed by atoms with Crippen LogP contribution < -0.4 is 0 Å². The number of aliphatic hydroxyl groups is 1. The lowest BCUT2D eigenvalue weighted by atomic mass is 9.70. The molecule has 0 amide bonds. The second-order valence-corrected chi connectivity index (χ2v) is 9.95. The standard InChI is InChI=1S/C27H27NO6S/c29-25-24(22-12-6-10-19-9-4-5-11-21(19)22)15-23(20-13-14-28-16-20)26(27(25)34-35(30,31)32)33-17-18-7-2-1-3-8-18/h1-14,16,23-29H,15,17H2,(H,30,31,32)/t23-,24+,25-,26-,27-/m1/s1. The SMILES string of the molecule is O=S(=O)(O)O[C@@H]1[C@H](O)[C@H](c2cccc3ccccc23)C[C@H](c2cc[nH]c2)[C@H]1OCc1ccccc1. The molecule has 1 saturated carbocycles. The fraction of sp³-hybridized carbons (Fsp3) is 0.259. The van der Waals surface area contributed by atoms with Crippen molar-refractivity contribution in [3.05, 3.63) is 108 Å². The predicted octanol–water partition coefficient (Wildman–Crippen LogP) is 4.57. The summed E-state index contributed by atoms with van der Waals surface area (Å²) in [7, 11) is -4.86. The average Bonchev–Trinajstić information content (AvgIpc) is 3.39. The van der Waals surface area contributed by atoms with Crippen molar-refractivity contribution in [3.63, 3.8) is 0 Å². The van der Waals surface area contributed by atoms with Gasteiger partial charge in [0, 0.05) is 24.2 Å². The first-order chi connectivity index (χ1) is 16.9. The molecule has 1 heterocycles. The number of ether oxygens (including phenoxy) is 1. The summed E-state index contributed by atoms with van der Waals surface area (Å²) in [6, 6.07) is 25.1. The van der Waals surface area contributed by atoms with Crippen molar-refractivity contribution in [3.8, 4) is 0 Å². The first-order valence-corrected chi connectivity index (χ1v) is 12.9. The highest BCUT2D eigenvalue weighted by Crippen LogP contribution is 2.46. The van der Waals surface area contributed by atoms with Gasteiger partial charge in [-0.15, -0.1) is 0 Å². The van der Waals surface area contributed by atoms with Crippen LogP contribution in [-0.2, 0) is 25.9 Å². The molecule has 0 bridgehead atoms. The van der Waals surface area contributed by atoms with Crippen LogP contribution in [0.3, 0.4) is 0 Å². The van der Waals surface area contributed by atoms with Gasteiger partial charge in [0.1, 0.15) is 6.10 Å². The number of aliphatic hydroxyl groups excluding tert-OH is 1. The summed E-state index contributed by atoms with van der Waals surface area (Å²) in [6.45, 7) is 0.198. The third-order valence-electron chi connectivity index (χ3n) is 6.77. The number of hydrogen-bond donors (Lipinski definition) is 3. The van der Waals surface area contributed by atoms with Crippen molar-refractivity contribution < 1.29 is 27.0 Å².